The summed E-state index contributed by atoms with van der Waals surface area (Å²) in [6.07, 6.45) is 8.69. The van der Waals surface area contributed by atoms with Gasteiger partial charge in [-0.15, -0.1) is 0 Å². The van der Waals surface area contributed by atoms with E-state index in [2.05, 4.69) is 32.7 Å². The Morgan fingerprint density at radius 3 is 2.71 bits per heavy atom. The van der Waals surface area contributed by atoms with Gasteiger partial charge in [0.05, 0.1) is 5.52 Å². The lowest BCUT2D eigenvalue weighted by Gasteiger charge is -2.10. The molecule has 0 saturated carbocycles. The van der Waals surface area contributed by atoms with Crippen LogP contribution < -0.4 is 0 Å². The van der Waals surface area contributed by atoms with Crippen molar-refractivity contribution in [2.75, 3.05) is 14.1 Å². The van der Waals surface area contributed by atoms with Crippen molar-refractivity contribution in [2.45, 2.75) is 26.3 Å². The summed E-state index contributed by atoms with van der Waals surface area (Å²) in [6.45, 7) is 6.31. The summed E-state index contributed by atoms with van der Waals surface area (Å²) < 4.78 is 13.2. The Morgan fingerprint density at radius 1 is 1.16 bits per heavy atom. The van der Waals surface area contributed by atoms with Crippen LogP contribution in [0.15, 0.2) is 72.9 Å². The molecule has 0 bridgehead atoms. The summed E-state index contributed by atoms with van der Waals surface area (Å²) in [5, 5.41) is 7.95. The minimum Gasteiger partial charge on any atom is -0.305 e. The van der Waals surface area contributed by atoms with Gasteiger partial charge < -0.3 is 4.90 Å². The predicted octanol–water partition coefficient (Wildman–Crippen LogP) is 5.64. The molecule has 3 aromatic rings. The zero-order valence-electron chi connectivity index (χ0n) is 18.2. The van der Waals surface area contributed by atoms with Crippen molar-refractivity contribution in [1.29, 1.82) is 0 Å². The molecule has 0 amide bonds. The number of halogens is 1. The Hall–Kier alpha value is -3.38. The van der Waals surface area contributed by atoms with Crippen molar-refractivity contribution >= 4 is 16.7 Å². The Morgan fingerprint density at radius 2 is 1.97 bits per heavy atom. The van der Waals surface area contributed by atoms with Crippen LogP contribution in [0.1, 0.15) is 35.8 Å². The fourth-order valence-electron chi connectivity index (χ4n) is 3.27. The van der Waals surface area contributed by atoms with Crippen LogP contribution in [0, 0.1) is 0 Å². The van der Waals surface area contributed by atoms with E-state index in [0.29, 0.717) is 17.7 Å². The second-order valence-corrected chi connectivity index (χ2v) is 7.74. The number of hydrogen-bond donors (Lipinski definition) is 1. The Balaban J connectivity index is 1.79. The van der Waals surface area contributed by atoms with Crippen LogP contribution in [0.5, 0.6) is 0 Å². The molecule has 0 spiro atoms. The van der Waals surface area contributed by atoms with E-state index in [1.165, 1.54) is 12.2 Å². The minimum atomic E-state index is -0.331. The zero-order chi connectivity index (χ0) is 22.4. The molecule has 0 unspecified atom stereocenters. The first-order valence-electron chi connectivity index (χ1n) is 10.2. The highest BCUT2D eigenvalue weighted by Crippen LogP contribution is 2.26. The molecule has 0 saturated heterocycles. The second kappa shape index (κ2) is 10.1. The second-order valence-electron chi connectivity index (χ2n) is 7.74. The van der Waals surface area contributed by atoms with Crippen molar-refractivity contribution in [3.05, 3.63) is 84.1 Å². The number of aromatic nitrogens is 3. The molecule has 1 N–H and O–H groups in total. The third-order valence-corrected chi connectivity index (χ3v) is 4.88. The standard InChI is InChI=1S/C25H27FN4O/c1-5-21(26)9-6-17(2)7-11-24(31)25-22-13-19(8-10-23(22)28-29-25)20-12-18(14-27-15-20)16-30(3)4/h5-6,8-10,12-15H,2,7,11,16H2,1,3-4H3,(H,28,29)/b9-6-,21-5?. The SMILES string of the molecule is C=C(/C=C\C(F)=CC)CCC(=O)c1n[nH]c2ccc(-c3cncc(CN(C)C)c3)cc12. The van der Waals surface area contributed by atoms with Gasteiger partial charge in [0, 0.05) is 36.3 Å². The fourth-order valence-corrected chi connectivity index (χ4v) is 3.27. The average Bonchev–Trinajstić information content (AvgIpc) is 3.18. The van der Waals surface area contributed by atoms with E-state index in [9.17, 15) is 9.18 Å². The Bertz CT molecular complexity index is 1160. The molecule has 6 heteroatoms. The molecular formula is C25H27FN4O. The molecule has 2 aromatic heterocycles. The van der Waals surface area contributed by atoms with Gasteiger partial charge in [0.1, 0.15) is 11.5 Å². The van der Waals surface area contributed by atoms with Crippen LogP contribution in [-0.4, -0.2) is 40.0 Å². The summed E-state index contributed by atoms with van der Waals surface area (Å²) in [7, 11) is 4.03. The molecule has 1 aromatic carbocycles. The number of nitrogens with zero attached hydrogens (tertiary/aromatic N) is 3. The Labute approximate surface area is 182 Å². The topological polar surface area (TPSA) is 61.9 Å². The highest BCUT2D eigenvalue weighted by molar-refractivity contribution is 6.06. The average molecular weight is 419 g/mol. The van der Waals surface area contributed by atoms with E-state index in [1.807, 2.05) is 44.7 Å². The normalized spacial score (nSPS) is 12.2. The third-order valence-electron chi connectivity index (χ3n) is 4.88. The number of pyridine rings is 1. The van der Waals surface area contributed by atoms with Crippen molar-refractivity contribution in [3.8, 4) is 11.1 Å². The summed E-state index contributed by atoms with van der Waals surface area (Å²) in [6, 6.07) is 8.00. The lowest BCUT2D eigenvalue weighted by atomic mass is 10.0. The number of ketones is 1. The first kappa shape index (κ1) is 22.3. The fraction of sp³-hybridized carbons (Fsp3) is 0.240. The molecule has 31 heavy (non-hydrogen) atoms. The molecule has 2 heterocycles. The van der Waals surface area contributed by atoms with E-state index in [4.69, 9.17) is 0 Å². The number of fused-ring (bicyclic) bond motifs is 1. The van der Waals surface area contributed by atoms with Crippen molar-refractivity contribution in [2.24, 2.45) is 0 Å². The molecule has 0 atom stereocenters. The number of nitrogens with one attached hydrogen (secondary N) is 1. The van der Waals surface area contributed by atoms with Gasteiger partial charge in [-0.25, -0.2) is 4.39 Å². The molecule has 0 radical (unpaired) electrons. The number of hydrogen-bond acceptors (Lipinski definition) is 4. The number of Topliss-reactive ketones (excluding diaryl/α,β-unsaturated/α-hetero) is 1. The van der Waals surface area contributed by atoms with Crippen molar-refractivity contribution < 1.29 is 9.18 Å². The maximum atomic E-state index is 13.2. The van der Waals surface area contributed by atoms with E-state index < -0.39 is 0 Å². The molecule has 0 aliphatic rings. The molecule has 160 valence electrons. The van der Waals surface area contributed by atoms with Gasteiger partial charge in [-0.2, -0.15) is 5.10 Å². The number of carbonyl (C=O) groups excluding carboxylic acids is 1. The van der Waals surface area contributed by atoms with Gasteiger partial charge >= 0.3 is 0 Å². The molecule has 0 aliphatic heterocycles. The van der Waals surface area contributed by atoms with Crippen LogP contribution in [-0.2, 0) is 6.54 Å². The number of carbonyl (C=O) groups is 1. The smallest absolute Gasteiger partial charge is 0.184 e. The van der Waals surface area contributed by atoms with Crippen molar-refractivity contribution in [3.63, 3.8) is 0 Å². The van der Waals surface area contributed by atoms with E-state index in [-0.39, 0.29) is 18.0 Å². The monoisotopic (exact) mass is 418 g/mol. The highest BCUT2D eigenvalue weighted by atomic mass is 19.1. The molecule has 3 rings (SSSR count). The van der Waals surface area contributed by atoms with Crippen LogP contribution in [0.2, 0.25) is 0 Å². The van der Waals surface area contributed by atoms with Crippen LogP contribution >= 0.6 is 0 Å². The summed E-state index contributed by atoms with van der Waals surface area (Å²) in [5.41, 5.74) is 4.99. The summed E-state index contributed by atoms with van der Waals surface area (Å²) >= 11 is 0. The molecule has 0 fully saturated rings. The quantitative estimate of drug-likeness (QED) is 0.361. The van der Waals surface area contributed by atoms with Crippen molar-refractivity contribution in [1.82, 2.24) is 20.1 Å². The van der Waals surface area contributed by atoms with Crippen LogP contribution in [0.25, 0.3) is 22.0 Å². The number of allylic oxidation sites excluding steroid dienone is 5. The van der Waals surface area contributed by atoms with Gasteiger partial charge in [-0.05, 0) is 62.8 Å². The van der Waals surface area contributed by atoms with Gasteiger partial charge in [0.2, 0.25) is 0 Å². The highest BCUT2D eigenvalue weighted by Gasteiger charge is 2.15. The number of H-pyrrole nitrogens is 1. The van der Waals surface area contributed by atoms with Gasteiger partial charge in [-0.1, -0.05) is 30.4 Å². The van der Waals surface area contributed by atoms with Gasteiger partial charge in [0.15, 0.2) is 5.78 Å². The summed E-state index contributed by atoms with van der Waals surface area (Å²) in [5.74, 6) is -0.411. The number of rotatable bonds is 9. The molecule has 5 nitrogen and oxygen atoms in total. The van der Waals surface area contributed by atoms with E-state index in [1.54, 1.807) is 13.0 Å². The number of benzene rings is 1. The van der Waals surface area contributed by atoms with Crippen LogP contribution in [0.3, 0.4) is 0 Å². The summed E-state index contributed by atoms with van der Waals surface area (Å²) in [4.78, 5) is 19.2. The van der Waals surface area contributed by atoms with Gasteiger partial charge in [-0.3, -0.25) is 14.9 Å². The lowest BCUT2D eigenvalue weighted by Crippen LogP contribution is -2.10. The Kier molecular flexibility index (Phi) is 7.26. The van der Waals surface area contributed by atoms with E-state index >= 15 is 0 Å². The van der Waals surface area contributed by atoms with Gasteiger partial charge in [0.25, 0.3) is 0 Å². The maximum absolute atomic E-state index is 13.2. The number of aromatic amines is 1. The van der Waals surface area contributed by atoms with Crippen LogP contribution in [0.4, 0.5) is 4.39 Å². The minimum absolute atomic E-state index is 0.0797. The largest absolute Gasteiger partial charge is 0.305 e. The first-order chi connectivity index (χ1) is 14.9. The maximum Gasteiger partial charge on any atom is 0.184 e. The van der Waals surface area contributed by atoms with E-state index in [0.717, 1.165) is 34.1 Å². The molecule has 0 aliphatic carbocycles. The first-order valence-corrected chi connectivity index (χ1v) is 10.2. The zero-order valence-corrected chi connectivity index (χ0v) is 18.2. The lowest BCUT2D eigenvalue weighted by molar-refractivity contribution is 0.0980. The third kappa shape index (κ3) is 5.83. The molecular weight excluding hydrogens is 391 g/mol. The predicted molar refractivity (Wildman–Crippen MR) is 123 cm³/mol.